The van der Waals surface area contributed by atoms with Crippen molar-refractivity contribution in [3.8, 4) is 5.75 Å². The number of benzene rings is 1. The molecule has 1 fully saturated rings. The van der Waals surface area contributed by atoms with E-state index in [1.807, 2.05) is 18.2 Å². The average Bonchev–Trinajstić information content (AvgIpc) is 2.46. The van der Waals surface area contributed by atoms with Gasteiger partial charge in [-0.3, -0.25) is 4.90 Å². The lowest BCUT2D eigenvalue weighted by molar-refractivity contribution is 0.216. The maximum absolute atomic E-state index is 8.85. The fourth-order valence-electron chi connectivity index (χ4n) is 2.42. The van der Waals surface area contributed by atoms with Crippen LogP contribution in [0, 0.1) is 0 Å². The first-order valence-electron chi connectivity index (χ1n) is 6.76. The Morgan fingerprint density at radius 2 is 2.00 bits per heavy atom. The number of piperazine rings is 1. The highest BCUT2D eigenvalue weighted by Gasteiger charge is 2.17. The Hall–Kier alpha value is -1.46. The number of aliphatic hydroxyl groups is 1. The van der Waals surface area contributed by atoms with Crippen LogP contribution in [-0.2, 0) is 0 Å². The zero-order chi connectivity index (χ0) is 13.7. The van der Waals surface area contributed by atoms with Crippen molar-refractivity contribution in [2.24, 2.45) is 0 Å². The second-order valence-electron chi connectivity index (χ2n) is 4.83. The van der Waals surface area contributed by atoms with E-state index in [0.29, 0.717) is 5.69 Å². The summed E-state index contributed by atoms with van der Waals surface area (Å²) < 4.78 is 5.26. The Kier molecular flexibility index (Phi) is 4.87. The third-order valence-corrected chi connectivity index (χ3v) is 3.59. The zero-order valence-corrected chi connectivity index (χ0v) is 11.5. The molecule has 5 nitrogen and oxygen atoms in total. The number of hydrogen-bond donors (Lipinski definition) is 2. The van der Waals surface area contributed by atoms with Gasteiger partial charge in [0.2, 0.25) is 0 Å². The number of methoxy groups -OCH3 is 1. The Balaban J connectivity index is 1.94. The zero-order valence-electron chi connectivity index (χ0n) is 11.5. The van der Waals surface area contributed by atoms with E-state index in [0.717, 1.165) is 50.6 Å². The molecule has 0 aliphatic carbocycles. The van der Waals surface area contributed by atoms with Crippen LogP contribution in [0.25, 0.3) is 0 Å². The van der Waals surface area contributed by atoms with Gasteiger partial charge in [-0.1, -0.05) is 0 Å². The fraction of sp³-hybridized carbons (Fsp3) is 0.571. The predicted molar refractivity (Wildman–Crippen MR) is 77.8 cm³/mol. The van der Waals surface area contributed by atoms with Crippen LogP contribution in [0.2, 0.25) is 0 Å². The molecule has 1 aromatic carbocycles. The molecule has 2 rings (SSSR count). The number of ether oxygens (including phenoxy) is 1. The first-order chi connectivity index (χ1) is 9.24. The molecule has 0 atom stereocenters. The Bertz CT molecular complexity index is 404. The molecule has 0 radical (unpaired) electrons. The van der Waals surface area contributed by atoms with E-state index in [-0.39, 0.29) is 6.61 Å². The van der Waals surface area contributed by atoms with Gasteiger partial charge in [0, 0.05) is 51.1 Å². The summed E-state index contributed by atoms with van der Waals surface area (Å²) in [6, 6.07) is 5.94. The topological polar surface area (TPSA) is 62.0 Å². The van der Waals surface area contributed by atoms with Crippen LogP contribution in [0.3, 0.4) is 0 Å². The second-order valence-corrected chi connectivity index (χ2v) is 4.83. The van der Waals surface area contributed by atoms with Gasteiger partial charge in [-0.15, -0.1) is 0 Å². The Morgan fingerprint density at radius 3 is 2.63 bits per heavy atom. The van der Waals surface area contributed by atoms with Gasteiger partial charge in [0.15, 0.2) is 0 Å². The molecule has 0 amide bonds. The number of nitrogens with two attached hydrogens (primary N) is 1. The van der Waals surface area contributed by atoms with Crippen LogP contribution in [0.4, 0.5) is 11.4 Å². The van der Waals surface area contributed by atoms with Crippen LogP contribution in [0.15, 0.2) is 18.2 Å². The third-order valence-electron chi connectivity index (χ3n) is 3.59. The van der Waals surface area contributed by atoms with Crippen LogP contribution in [-0.4, -0.2) is 56.4 Å². The minimum Gasteiger partial charge on any atom is -0.495 e. The molecule has 0 saturated carbocycles. The van der Waals surface area contributed by atoms with Crippen molar-refractivity contribution in [1.82, 2.24) is 4.90 Å². The van der Waals surface area contributed by atoms with Gasteiger partial charge >= 0.3 is 0 Å². The normalized spacial score (nSPS) is 16.6. The van der Waals surface area contributed by atoms with Gasteiger partial charge in [0.05, 0.1) is 12.8 Å². The van der Waals surface area contributed by atoms with Crippen molar-refractivity contribution >= 4 is 11.4 Å². The van der Waals surface area contributed by atoms with E-state index >= 15 is 0 Å². The van der Waals surface area contributed by atoms with Gasteiger partial charge in [0.1, 0.15) is 5.75 Å². The highest BCUT2D eigenvalue weighted by molar-refractivity contribution is 5.62. The molecule has 0 aromatic heterocycles. The lowest BCUT2D eigenvalue weighted by Gasteiger charge is -2.36. The molecule has 1 aromatic rings. The quantitative estimate of drug-likeness (QED) is 0.771. The Morgan fingerprint density at radius 1 is 1.26 bits per heavy atom. The molecule has 0 bridgehead atoms. The monoisotopic (exact) mass is 265 g/mol. The smallest absolute Gasteiger partial charge is 0.143 e. The minimum atomic E-state index is 0.273. The molecule has 0 spiro atoms. The molecule has 1 heterocycles. The SMILES string of the molecule is COc1cc(N2CCN(CCCO)CC2)ccc1N. The van der Waals surface area contributed by atoms with Crippen LogP contribution in [0.5, 0.6) is 5.75 Å². The van der Waals surface area contributed by atoms with Crippen LogP contribution >= 0.6 is 0 Å². The summed E-state index contributed by atoms with van der Waals surface area (Å²) in [6.07, 6.45) is 0.857. The Labute approximate surface area is 114 Å². The minimum absolute atomic E-state index is 0.273. The molecule has 3 N–H and O–H groups in total. The lowest BCUT2D eigenvalue weighted by Crippen LogP contribution is -2.46. The molecule has 1 saturated heterocycles. The first-order valence-corrected chi connectivity index (χ1v) is 6.76. The maximum Gasteiger partial charge on any atom is 0.143 e. The van der Waals surface area contributed by atoms with Gasteiger partial charge in [-0.25, -0.2) is 0 Å². The van der Waals surface area contributed by atoms with E-state index < -0.39 is 0 Å². The van der Waals surface area contributed by atoms with E-state index in [1.165, 1.54) is 0 Å². The number of aliphatic hydroxyl groups excluding tert-OH is 1. The molecule has 5 heteroatoms. The molecule has 0 unspecified atom stereocenters. The van der Waals surface area contributed by atoms with Crippen molar-refractivity contribution in [2.45, 2.75) is 6.42 Å². The summed E-state index contributed by atoms with van der Waals surface area (Å²) in [6.45, 7) is 5.32. The summed E-state index contributed by atoms with van der Waals surface area (Å²) in [5.41, 5.74) is 7.66. The van der Waals surface area contributed by atoms with E-state index in [1.54, 1.807) is 7.11 Å². The number of nitrogen functional groups attached to an aromatic ring is 1. The van der Waals surface area contributed by atoms with Crippen molar-refractivity contribution in [3.63, 3.8) is 0 Å². The average molecular weight is 265 g/mol. The number of hydrogen-bond acceptors (Lipinski definition) is 5. The van der Waals surface area contributed by atoms with E-state index in [2.05, 4.69) is 9.80 Å². The van der Waals surface area contributed by atoms with Crippen molar-refractivity contribution in [1.29, 1.82) is 0 Å². The number of nitrogens with zero attached hydrogens (tertiary/aromatic N) is 2. The van der Waals surface area contributed by atoms with Crippen molar-refractivity contribution < 1.29 is 9.84 Å². The number of rotatable bonds is 5. The van der Waals surface area contributed by atoms with E-state index in [4.69, 9.17) is 15.6 Å². The van der Waals surface area contributed by atoms with Gasteiger partial charge in [0.25, 0.3) is 0 Å². The molecule has 1 aliphatic heterocycles. The van der Waals surface area contributed by atoms with Gasteiger partial charge in [-0.2, -0.15) is 0 Å². The molecular weight excluding hydrogens is 242 g/mol. The van der Waals surface area contributed by atoms with Crippen molar-refractivity contribution in [2.75, 3.05) is 57.1 Å². The summed E-state index contributed by atoms with van der Waals surface area (Å²) in [7, 11) is 1.64. The number of anilines is 2. The second kappa shape index (κ2) is 6.63. The van der Waals surface area contributed by atoms with Gasteiger partial charge in [-0.05, 0) is 18.6 Å². The predicted octanol–water partition coefficient (Wildman–Crippen LogP) is 0.782. The van der Waals surface area contributed by atoms with Gasteiger partial charge < -0.3 is 20.5 Å². The third kappa shape index (κ3) is 3.52. The lowest BCUT2D eigenvalue weighted by atomic mass is 10.2. The van der Waals surface area contributed by atoms with Crippen LogP contribution < -0.4 is 15.4 Å². The van der Waals surface area contributed by atoms with E-state index in [9.17, 15) is 0 Å². The largest absolute Gasteiger partial charge is 0.495 e. The van der Waals surface area contributed by atoms with Crippen LogP contribution in [0.1, 0.15) is 6.42 Å². The molecule has 106 valence electrons. The van der Waals surface area contributed by atoms with Crippen molar-refractivity contribution in [3.05, 3.63) is 18.2 Å². The first kappa shape index (κ1) is 14.0. The highest BCUT2D eigenvalue weighted by Crippen LogP contribution is 2.27. The summed E-state index contributed by atoms with van der Waals surface area (Å²) in [4.78, 5) is 4.73. The molecule has 19 heavy (non-hydrogen) atoms. The highest BCUT2D eigenvalue weighted by atomic mass is 16.5. The fourth-order valence-corrected chi connectivity index (χ4v) is 2.42. The molecular formula is C14H23N3O2. The summed E-state index contributed by atoms with van der Waals surface area (Å²) in [5, 5.41) is 8.85. The molecule has 1 aliphatic rings. The summed E-state index contributed by atoms with van der Waals surface area (Å²) in [5.74, 6) is 0.736. The standard InChI is InChI=1S/C14H23N3O2/c1-19-14-11-12(3-4-13(14)15)17-8-6-16(7-9-17)5-2-10-18/h3-4,11,18H,2,5-10,15H2,1H3. The maximum atomic E-state index is 8.85. The summed E-state index contributed by atoms with van der Waals surface area (Å²) >= 11 is 0.